The summed E-state index contributed by atoms with van der Waals surface area (Å²) >= 11 is 0. The van der Waals surface area contributed by atoms with E-state index in [1.54, 1.807) is 0 Å². The second-order valence-electron chi connectivity index (χ2n) is 5.86. The van der Waals surface area contributed by atoms with Crippen molar-refractivity contribution in [1.82, 2.24) is 14.9 Å². The third kappa shape index (κ3) is 2.47. The topological polar surface area (TPSA) is 31.9 Å². The van der Waals surface area contributed by atoms with Crippen molar-refractivity contribution in [3.8, 4) is 0 Å². The third-order valence-electron chi connectivity index (χ3n) is 4.75. The minimum absolute atomic E-state index is 0.717. The van der Waals surface area contributed by atoms with Crippen LogP contribution in [0.3, 0.4) is 0 Å². The molecule has 0 saturated heterocycles. The summed E-state index contributed by atoms with van der Waals surface area (Å²) in [5, 5.41) is 1.32. The van der Waals surface area contributed by atoms with Gasteiger partial charge in [-0.15, -0.1) is 0 Å². The molecule has 0 bridgehead atoms. The van der Waals surface area contributed by atoms with Crippen LogP contribution in [0.1, 0.15) is 56.7 Å². The third-order valence-corrected chi connectivity index (χ3v) is 4.75. The van der Waals surface area contributed by atoms with Crippen LogP contribution in [0.4, 0.5) is 0 Å². The number of aromatic nitrogens is 2. The smallest absolute Gasteiger partial charge is 0.137 e. The van der Waals surface area contributed by atoms with Crippen LogP contribution in [-0.4, -0.2) is 28.0 Å². The summed E-state index contributed by atoms with van der Waals surface area (Å²) in [7, 11) is 0. The molecule has 0 atom stereocenters. The van der Waals surface area contributed by atoms with E-state index in [1.807, 2.05) is 6.20 Å². The summed E-state index contributed by atoms with van der Waals surface area (Å²) < 4.78 is 0. The molecule has 0 unspecified atom stereocenters. The number of pyridine rings is 1. The maximum Gasteiger partial charge on any atom is 0.137 e. The first kappa shape index (κ1) is 13.6. The summed E-state index contributed by atoms with van der Waals surface area (Å²) in [5.41, 5.74) is 4.02. The zero-order chi connectivity index (χ0) is 13.9. The minimum atomic E-state index is 0.717. The summed E-state index contributed by atoms with van der Waals surface area (Å²) in [6.07, 6.45) is 7.30. The van der Waals surface area contributed by atoms with Gasteiger partial charge in [0.15, 0.2) is 0 Å². The molecule has 0 radical (unpaired) electrons. The van der Waals surface area contributed by atoms with Gasteiger partial charge < -0.3 is 4.98 Å². The Morgan fingerprint density at radius 2 is 2.00 bits per heavy atom. The molecular formula is C17H25N3. The van der Waals surface area contributed by atoms with Gasteiger partial charge >= 0.3 is 0 Å². The Labute approximate surface area is 121 Å². The molecule has 108 valence electrons. The Bertz CT molecular complexity index is 563. The number of H-pyrrole nitrogens is 1. The van der Waals surface area contributed by atoms with Crippen LogP contribution >= 0.6 is 0 Å². The standard InChI is InChI=1S/C17H25N3/c1-3-20(4-2)12-15-14-10-7-11-18-17(14)19-16(15)13-8-5-6-9-13/h7,10-11,13H,3-6,8-9,12H2,1-2H3,(H,18,19). The Balaban J connectivity index is 2.03. The molecule has 0 aliphatic heterocycles. The molecule has 1 N–H and O–H groups in total. The quantitative estimate of drug-likeness (QED) is 0.889. The van der Waals surface area contributed by atoms with E-state index in [-0.39, 0.29) is 0 Å². The molecule has 3 nitrogen and oxygen atoms in total. The lowest BCUT2D eigenvalue weighted by atomic mass is 9.98. The van der Waals surface area contributed by atoms with E-state index >= 15 is 0 Å². The molecule has 2 aromatic heterocycles. The van der Waals surface area contributed by atoms with Crippen LogP contribution < -0.4 is 0 Å². The van der Waals surface area contributed by atoms with Gasteiger partial charge in [-0.3, -0.25) is 4.90 Å². The second kappa shape index (κ2) is 5.96. The van der Waals surface area contributed by atoms with E-state index in [0.29, 0.717) is 0 Å². The van der Waals surface area contributed by atoms with Crippen molar-refractivity contribution in [3.05, 3.63) is 29.6 Å². The predicted molar refractivity (Wildman–Crippen MR) is 83.9 cm³/mol. The average Bonchev–Trinajstić information content (AvgIpc) is 3.12. The molecule has 2 heterocycles. The van der Waals surface area contributed by atoms with E-state index in [4.69, 9.17) is 0 Å². The first-order valence-electron chi connectivity index (χ1n) is 8.01. The Morgan fingerprint density at radius 3 is 2.70 bits per heavy atom. The maximum absolute atomic E-state index is 4.52. The Kier molecular flexibility index (Phi) is 4.06. The van der Waals surface area contributed by atoms with Gasteiger partial charge in [0.05, 0.1) is 0 Å². The summed E-state index contributed by atoms with van der Waals surface area (Å²) in [6.45, 7) is 7.74. The van der Waals surface area contributed by atoms with Crippen molar-refractivity contribution in [2.45, 2.75) is 52.0 Å². The molecule has 1 fully saturated rings. The SMILES string of the molecule is CCN(CC)Cc1c(C2CCCC2)[nH]c2ncccc12. The zero-order valence-electron chi connectivity index (χ0n) is 12.7. The van der Waals surface area contributed by atoms with Gasteiger partial charge in [0.25, 0.3) is 0 Å². The highest BCUT2D eigenvalue weighted by Crippen LogP contribution is 2.38. The number of rotatable bonds is 5. The lowest BCUT2D eigenvalue weighted by Gasteiger charge is -2.20. The van der Waals surface area contributed by atoms with Gasteiger partial charge in [0, 0.05) is 23.8 Å². The fourth-order valence-electron chi connectivity index (χ4n) is 3.50. The highest BCUT2D eigenvalue weighted by molar-refractivity contribution is 5.81. The molecule has 0 spiro atoms. The number of hydrogen-bond donors (Lipinski definition) is 1. The predicted octanol–water partition coefficient (Wildman–Crippen LogP) is 4.06. The number of nitrogens with one attached hydrogen (secondary N) is 1. The van der Waals surface area contributed by atoms with Gasteiger partial charge in [0.2, 0.25) is 0 Å². The molecular weight excluding hydrogens is 246 g/mol. The van der Waals surface area contributed by atoms with Gasteiger partial charge in [0.1, 0.15) is 5.65 Å². The first-order valence-corrected chi connectivity index (χ1v) is 8.01. The molecule has 1 aliphatic rings. The number of fused-ring (bicyclic) bond motifs is 1. The molecule has 20 heavy (non-hydrogen) atoms. The van der Waals surface area contributed by atoms with Gasteiger partial charge in [-0.2, -0.15) is 0 Å². The maximum atomic E-state index is 4.52. The monoisotopic (exact) mass is 271 g/mol. The molecule has 3 heteroatoms. The molecule has 0 aromatic carbocycles. The second-order valence-corrected chi connectivity index (χ2v) is 5.86. The lowest BCUT2D eigenvalue weighted by molar-refractivity contribution is 0.295. The van der Waals surface area contributed by atoms with E-state index in [2.05, 4.69) is 40.8 Å². The van der Waals surface area contributed by atoms with Gasteiger partial charge in [-0.25, -0.2) is 4.98 Å². The van der Waals surface area contributed by atoms with E-state index in [1.165, 1.54) is 42.3 Å². The number of nitrogens with zero attached hydrogens (tertiary/aromatic N) is 2. The van der Waals surface area contributed by atoms with Crippen molar-refractivity contribution in [2.24, 2.45) is 0 Å². The molecule has 0 amide bonds. The highest BCUT2D eigenvalue weighted by atomic mass is 15.1. The lowest BCUT2D eigenvalue weighted by Crippen LogP contribution is -2.22. The van der Waals surface area contributed by atoms with E-state index in [9.17, 15) is 0 Å². The van der Waals surface area contributed by atoms with Gasteiger partial charge in [-0.05, 0) is 49.5 Å². The Hall–Kier alpha value is -1.35. The van der Waals surface area contributed by atoms with Crippen LogP contribution in [0.2, 0.25) is 0 Å². The van der Waals surface area contributed by atoms with Crippen LogP contribution in [-0.2, 0) is 6.54 Å². The van der Waals surface area contributed by atoms with Crippen LogP contribution in [0.5, 0.6) is 0 Å². The fraction of sp³-hybridized carbons (Fsp3) is 0.588. The highest BCUT2D eigenvalue weighted by Gasteiger charge is 2.24. The fourth-order valence-corrected chi connectivity index (χ4v) is 3.50. The van der Waals surface area contributed by atoms with Crippen molar-refractivity contribution >= 4 is 11.0 Å². The number of aromatic amines is 1. The summed E-state index contributed by atoms with van der Waals surface area (Å²) in [5.74, 6) is 0.717. The summed E-state index contributed by atoms with van der Waals surface area (Å²) in [4.78, 5) is 10.6. The van der Waals surface area contributed by atoms with Crippen molar-refractivity contribution in [2.75, 3.05) is 13.1 Å². The van der Waals surface area contributed by atoms with Crippen LogP contribution in [0, 0.1) is 0 Å². The summed E-state index contributed by atoms with van der Waals surface area (Å²) in [6, 6.07) is 4.27. The van der Waals surface area contributed by atoms with Crippen molar-refractivity contribution in [3.63, 3.8) is 0 Å². The van der Waals surface area contributed by atoms with E-state index < -0.39 is 0 Å². The Morgan fingerprint density at radius 1 is 1.25 bits per heavy atom. The van der Waals surface area contributed by atoms with Crippen molar-refractivity contribution < 1.29 is 0 Å². The molecule has 1 aliphatic carbocycles. The molecule has 1 saturated carbocycles. The van der Waals surface area contributed by atoms with E-state index in [0.717, 1.165) is 31.2 Å². The largest absolute Gasteiger partial charge is 0.343 e. The normalized spacial score (nSPS) is 16.6. The van der Waals surface area contributed by atoms with Crippen molar-refractivity contribution in [1.29, 1.82) is 0 Å². The first-order chi connectivity index (χ1) is 9.83. The average molecular weight is 271 g/mol. The number of hydrogen-bond acceptors (Lipinski definition) is 2. The van der Waals surface area contributed by atoms with Crippen LogP contribution in [0.25, 0.3) is 11.0 Å². The van der Waals surface area contributed by atoms with Crippen LogP contribution in [0.15, 0.2) is 18.3 Å². The zero-order valence-corrected chi connectivity index (χ0v) is 12.7. The van der Waals surface area contributed by atoms with Gasteiger partial charge in [-0.1, -0.05) is 26.7 Å². The minimum Gasteiger partial charge on any atom is -0.343 e. The molecule has 3 rings (SSSR count). The molecule has 2 aromatic rings.